The summed E-state index contributed by atoms with van der Waals surface area (Å²) < 4.78 is 5.08. The van der Waals surface area contributed by atoms with Gasteiger partial charge in [-0.1, -0.05) is 182 Å². The predicted molar refractivity (Wildman–Crippen MR) is 275 cm³/mol. The fraction of sp³-hybridized carbons (Fsp3) is 0.0323. The first-order chi connectivity index (χ1) is 32.3. The number of hydrogen-bond donors (Lipinski definition) is 0. The topological polar surface area (TPSA) is 9.86 Å². The van der Waals surface area contributed by atoms with Gasteiger partial charge >= 0.3 is 0 Å². The van der Waals surface area contributed by atoms with Crippen LogP contribution in [0, 0.1) is 0 Å². The van der Waals surface area contributed by atoms with E-state index in [1.807, 2.05) is 0 Å². The summed E-state index contributed by atoms with van der Waals surface area (Å²) in [6, 6.07) is 87.6. The maximum atomic E-state index is 2.64. The molecule has 2 aliphatic carbocycles. The first kappa shape index (κ1) is 36.5. The molecule has 12 aromatic rings. The Morgan fingerprint density at radius 1 is 0.292 bits per heavy atom. The van der Waals surface area contributed by atoms with E-state index < -0.39 is 8.07 Å². The third-order valence-electron chi connectivity index (χ3n) is 14.7. The predicted octanol–water partition coefficient (Wildman–Crippen LogP) is 12.4. The van der Waals surface area contributed by atoms with Crippen molar-refractivity contribution in [3.8, 4) is 33.6 Å². The maximum absolute atomic E-state index is 3.28. The van der Waals surface area contributed by atoms with Gasteiger partial charge < -0.3 is 9.13 Å². The van der Waals surface area contributed by atoms with Gasteiger partial charge in [0, 0.05) is 32.9 Å². The Kier molecular flexibility index (Phi) is 7.87. The van der Waals surface area contributed by atoms with E-state index in [0.717, 1.165) is 12.8 Å². The zero-order valence-corrected chi connectivity index (χ0v) is 36.7. The Hall–Kier alpha value is -7.98. The molecule has 0 fully saturated rings. The average molecular weight is 843 g/mol. The Morgan fingerprint density at radius 3 is 1.00 bits per heavy atom. The van der Waals surface area contributed by atoms with Crippen molar-refractivity contribution < 1.29 is 0 Å². The van der Waals surface area contributed by atoms with E-state index in [0.29, 0.717) is 0 Å². The van der Waals surface area contributed by atoms with Crippen molar-refractivity contribution >= 4 is 72.4 Å². The highest BCUT2D eigenvalue weighted by Gasteiger charge is 2.47. The number of para-hydroxylation sites is 4. The first-order valence-corrected chi connectivity index (χ1v) is 24.9. The lowest BCUT2D eigenvalue weighted by molar-refractivity contribution is 1.17. The molecule has 0 aliphatic heterocycles. The minimum absolute atomic E-state index is 0.887. The molecule has 0 bridgehead atoms. The molecule has 0 spiro atoms. The number of aromatic nitrogens is 2. The first-order valence-electron chi connectivity index (χ1n) is 22.9. The number of rotatable bonds is 6. The van der Waals surface area contributed by atoms with Crippen molar-refractivity contribution in [3.05, 3.63) is 253 Å². The quantitative estimate of drug-likeness (QED) is 0.117. The summed E-state index contributed by atoms with van der Waals surface area (Å²) in [5.41, 5.74) is 18.4. The molecule has 0 saturated carbocycles. The molecule has 304 valence electrons. The molecular formula is C62H42N2Si. The van der Waals surface area contributed by atoms with E-state index in [4.69, 9.17) is 0 Å². The Labute approximate surface area is 378 Å². The van der Waals surface area contributed by atoms with Gasteiger partial charge in [-0.05, 0) is 127 Å². The Morgan fingerprint density at radius 2 is 0.615 bits per heavy atom. The van der Waals surface area contributed by atoms with E-state index in [1.54, 1.807) is 0 Å². The van der Waals surface area contributed by atoms with Crippen molar-refractivity contribution in [2.45, 2.75) is 12.8 Å². The van der Waals surface area contributed by atoms with Gasteiger partial charge in [-0.2, -0.15) is 0 Å². The summed E-state index contributed by atoms with van der Waals surface area (Å²) in [5, 5.41) is 10.8. The molecule has 65 heavy (non-hydrogen) atoms. The maximum Gasteiger partial charge on any atom is 0.180 e. The van der Waals surface area contributed by atoms with E-state index in [-0.39, 0.29) is 0 Å². The summed E-state index contributed by atoms with van der Waals surface area (Å²) in [6.07, 6.45) is 1.77. The molecule has 0 radical (unpaired) electrons. The Balaban J connectivity index is 1.19. The molecule has 2 aliphatic rings. The van der Waals surface area contributed by atoms with Crippen molar-refractivity contribution in [3.63, 3.8) is 0 Å². The zero-order chi connectivity index (χ0) is 42.6. The highest BCUT2D eigenvalue weighted by molar-refractivity contribution is 7.20. The van der Waals surface area contributed by atoms with E-state index in [9.17, 15) is 0 Å². The fourth-order valence-electron chi connectivity index (χ4n) is 12.1. The van der Waals surface area contributed by atoms with Crippen molar-refractivity contribution in [1.29, 1.82) is 0 Å². The number of benzene rings is 10. The molecule has 0 amide bonds. The standard InChI is InChI=1S/C62H42N2Si/c1-3-21-45(22-4-1)65(46-23-5-2-6-24-46,61-39-43(37-53-47-25-9-7-19-41(47)35-55(53)61)63-57-31-15-11-27-49(57)50-28-12-16-32-58(50)63)62-40-44(38-54-48-26-10-8-20-42(48)36-56(54)62)64-59-33-17-13-29-51(59)52-30-14-18-34-60(52)64/h1-34,37-40H,35-36H2. The third-order valence-corrected chi connectivity index (χ3v) is 19.6. The van der Waals surface area contributed by atoms with Crippen LogP contribution in [-0.2, 0) is 12.8 Å². The van der Waals surface area contributed by atoms with Crippen LogP contribution in [-0.4, -0.2) is 17.2 Å². The van der Waals surface area contributed by atoms with Gasteiger partial charge in [0.05, 0.1) is 22.1 Å². The zero-order valence-electron chi connectivity index (χ0n) is 35.7. The van der Waals surface area contributed by atoms with Crippen LogP contribution in [0.5, 0.6) is 0 Å². The van der Waals surface area contributed by atoms with Crippen LogP contribution in [0.15, 0.2) is 231 Å². The van der Waals surface area contributed by atoms with Crippen molar-refractivity contribution in [1.82, 2.24) is 9.13 Å². The second-order valence-electron chi connectivity index (χ2n) is 17.9. The summed E-state index contributed by atoms with van der Waals surface area (Å²) in [5.74, 6) is 0. The van der Waals surface area contributed by atoms with Crippen LogP contribution >= 0.6 is 0 Å². The van der Waals surface area contributed by atoms with Crippen molar-refractivity contribution in [2.24, 2.45) is 0 Å². The van der Waals surface area contributed by atoms with Crippen LogP contribution in [0.3, 0.4) is 0 Å². The van der Waals surface area contributed by atoms with Crippen LogP contribution < -0.4 is 20.7 Å². The monoisotopic (exact) mass is 842 g/mol. The van der Waals surface area contributed by atoms with Crippen LogP contribution in [0.25, 0.3) is 77.2 Å². The van der Waals surface area contributed by atoms with Crippen LogP contribution in [0.1, 0.15) is 22.3 Å². The molecule has 2 heterocycles. The second-order valence-corrected chi connectivity index (χ2v) is 21.7. The SMILES string of the molecule is c1ccc([Si](c2ccccc2)(c2cc(-n3c4ccccc4c4ccccc43)cc3c2Cc2ccccc2-3)c2cc(-n3c4ccccc4c4ccccc43)cc3c2Cc2ccccc2-3)cc1. The summed E-state index contributed by atoms with van der Waals surface area (Å²) in [6.45, 7) is 0. The third kappa shape index (κ3) is 5.16. The van der Waals surface area contributed by atoms with Crippen molar-refractivity contribution in [2.75, 3.05) is 0 Å². The number of fused-ring (bicyclic) bond motifs is 12. The van der Waals surface area contributed by atoms with Gasteiger partial charge in [-0.3, -0.25) is 0 Å². The largest absolute Gasteiger partial charge is 0.309 e. The average Bonchev–Trinajstić information content (AvgIpc) is 4.13. The lowest BCUT2D eigenvalue weighted by Gasteiger charge is -2.38. The molecular weight excluding hydrogens is 801 g/mol. The molecule has 0 saturated heterocycles. The lowest BCUT2D eigenvalue weighted by Crippen LogP contribution is -2.76. The van der Waals surface area contributed by atoms with Gasteiger partial charge in [0.2, 0.25) is 0 Å². The highest BCUT2D eigenvalue weighted by Crippen LogP contribution is 2.43. The molecule has 3 heteroatoms. The number of nitrogens with zero attached hydrogens (tertiary/aromatic N) is 2. The second kappa shape index (κ2) is 14.0. The normalized spacial score (nSPS) is 12.8. The molecule has 2 nitrogen and oxygen atoms in total. The molecule has 14 rings (SSSR count). The van der Waals surface area contributed by atoms with E-state index >= 15 is 0 Å². The molecule has 0 atom stereocenters. The van der Waals surface area contributed by atoms with Gasteiger partial charge in [0.25, 0.3) is 0 Å². The van der Waals surface area contributed by atoms with Gasteiger partial charge in [-0.15, -0.1) is 0 Å². The molecule has 0 N–H and O–H groups in total. The van der Waals surface area contributed by atoms with Gasteiger partial charge in [-0.25, -0.2) is 0 Å². The highest BCUT2D eigenvalue weighted by atomic mass is 28.3. The smallest absolute Gasteiger partial charge is 0.180 e. The minimum atomic E-state index is -3.28. The Bertz CT molecular complexity index is 3530. The molecule has 10 aromatic carbocycles. The lowest BCUT2D eigenvalue weighted by atomic mass is 10.0. The molecule has 2 aromatic heterocycles. The van der Waals surface area contributed by atoms with E-state index in [1.165, 1.54) is 120 Å². The summed E-state index contributed by atoms with van der Waals surface area (Å²) in [4.78, 5) is 0. The fourth-order valence-corrected chi connectivity index (χ4v) is 17.4. The number of hydrogen-bond acceptors (Lipinski definition) is 0. The van der Waals surface area contributed by atoms with Crippen LogP contribution in [0.2, 0.25) is 0 Å². The van der Waals surface area contributed by atoms with Gasteiger partial charge in [0.1, 0.15) is 0 Å². The van der Waals surface area contributed by atoms with Crippen LogP contribution in [0.4, 0.5) is 0 Å². The van der Waals surface area contributed by atoms with Gasteiger partial charge in [0.15, 0.2) is 8.07 Å². The molecule has 0 unspecified atom stereocenters. The minimum Gasteiger partial charge on any atom is -0.309 e. The van der Waals surface area contributed by atoms with E-state index in [2.05, 4.69) is 240 Å². The summed E-state index contributed by atoms with van der Waals surface area (Å²) in [7, 11) is -3.28. The summed E-state index contributed by atoms with van der Waals surface area (Å²) >= 11 is 0.